The number of ether oxygens (including phenoxy) is 6. The lowest BCUT2D eigenvalue weighted by Crippen LogP contribution is -2.58. The van der Waals surface area contributed by atoms with E-state index < -0.39 is 72.6 Å². The number of methoxy groups -OCH3 is 2. The molecule has 4 heterocycles. The molecule has 0 fully saturated rings. The van der Waals surface area contributed by atoms with E-state index in [1.165, 1.54) is 24.0 Å². The van der Waals surface area contributed by atoms with Gasteiger partial charge in [-0.3, -0.25) is 9.59 Å². The zero-order valence-electron chi connectivity index (χ0n) is 53.0. The summed E-state index contributed by atoms with van der Waals surface area (Å²) >= 11 is 0. The lowest BCUT2D eigenvalue weighted by atomic mass is 10.1. The molecule has 0 saturated heterocycles. The molecule has 4 aliphatic heterocycles. The molecule has 4 amide bonds. The summed E-state index contributed by atoms with van der Waals surface area (Å²) in [6, 6.07) is 11.4. The Morgan fingerprint density at radius 3 is 1.23 bits per heavy atom. The molecule has 4 atom stereocenters. The largest absolute Gasteiger partial charge is 0.493 e. The van der Waals surface area contributed by atoms with E-state index in [0.717, 1.165) is 27.8 Å². The number of hydrogen-bond acceptors (Lipinski definition) is 12. The zero-order valence-corrected chi connectivity index (χ0v) is 56.0. The third-order valence-corrected chi connectivity index (χ3v) is 25.5. The van der Waals surface area contributed by atoms with E-state index in [-0.39, 0.29) is 80.6 Å². The fourth-order valence-corrected chi connectivity index (χ4v) is 12.6. The molecule has 0 N–H and O–H groups in total. The van der Waals surface area contributed by atoms with Crippen LogP contribution in [0.5, 0.6) is 23.0 Å². The van der Waals surface area contributed by atoms with Gasteiger partial charge in [0.15, 0.2) is 52.1 Å². The second-order valence-electron chi connectivity index (χ2n) is 28.3. The van der Waals surface area contributed by atoms with Crippen LogP contribution in [0, 0.1) is 11.5 Å². The molecule has 0 aliphatic carbocycles. The summed E-state index contributed by atoms with van der Waals surface area (Å²) in [6.07, 6.45) is 1.55. The van der Waals surface area contributed by atoms with Crippen molar-refractivity contribution in [3.8, 4) is 34.5 Å². The van der Waals surface area contributed by atoms with Gasteiger partial charge in [0.1, 0.15) is 32.5 Å². The summed E-state index contributed by atoms with van der Waals surface area (Å²) < 4.78 is 52.1. The second kappa shape index (κ2) is 22.8. The number of benzene rings is 3. The molecule has 446 valence electrons. The van der Waals surface area contributed by atoms with Gasteiger partial charge in [-0.15, -0.1) is 5.54 Å². The second-order valence-corrected chi connectivity index (χ2v) is 42.6. The van der Waals surface area contributed by atoms with Crippen molar-refractivity contribution in [2.45, 2.75) is 215 Å². The van der Waals surface area contributed by atoms with Gasteiger partial charge in [0.25, 0.3) is 11.8 Å². The smallest absolute Gasteiger partial charge is 0.417 e. The van der Waals surface area contributed by atoms with E-state index in [1.807, 2.05) is 86.0 Å². The van der Waals surface area contributed by atoms with Gasteiger partial charge in [-0.05, 0) is 146 Å². The van der Waals surface area contributed by atoms with Crippen LogP contribution in [-0.2, 0) is 31.5 Å². The highest BCUT2D eigenvalue weighted by molar-refractivity contribution is 6.84. The molecule has 0 spiro atoms. The van der Waals surface area contributed by atoms with Crippen molar-refractivity contribution in [3.05, 3.63) is 93.8 Å². The highest BCUT2D eigenvalue weighted by Gasteiger charge is 2.53. The number of anilines is 2. The Balaban J connectivity index is 1.31. The monoisotopic (exact) mass is 1180 g/mol. The first-order chi connectivity index (χ1) is 37.6. The summed E-state index contributed by atoms with van der Waals surface area (Å²) in [5.41, 5.74) is 6.92. The number of carbonyl (C=O) groups is 4. The highest BCUT2D eigenvalue weighted by atomic mass is 28.4. The van der Waals surface area contributed by atoms with Crippen LogP contribution in [-0.4, -0.2) is 108 Å². The lowest BCUT2D eigenvalue weighted by Gasteiger charge is -2.44. The number of hydrogen-bond donors (Lipinski definition) is 0. The summed E-state index contributed by atoms with van der Waals surface area (Å²) in [4.78, 5) is 65.6. The zero-order chi connectivity index (χ0) is 61.2. The summed E-state index contributed by atoms with van der Waals surface area (Å²) in [7, 11) is -4.09. The molecule has 0 radical (unpaired) electrons. The van der Waals surface area contributed by atoms with Crippen molar-refractivity contribution in [2.75, 3.05) is 24.0 Å². The molecule has 0 aromatic heterocycles. The van der Waals surface area contributed by atoms with E-state index in [2.05, 4.69) is 98.8 Å². The third-order valence-electron chi connectivity index (χ3n) is 15.7. The summed E-state index contributed by atoms with van der Waals surface area (Å²) in [6.45, 7) is 42.7. The summed E-state index contributed by atoms with van der Waals surface area (Å²) in [5, 5.41) is -0.476. The van der Waals surface area contributed by atoms with Crippen molar-refractivity contribution in [3.63, 3.8) is 0 Å². The molecule has 4 aliphatic rings. The van der Waals surface area contributed by atoms with Crippen LogP contribution in [0.25, 0.3) is 0 Å². The number of nitrogens with zero attached hydrogens (tertiary/aromatic N) is 4. The van der Waals surface area contributed by atoms with Crippen molar-refractivity contribution in [1.82, 2.24) is 9.80 Å². The number of rotatable bonds is 12. The van der Waals surface area contributed by atoms with Gasteiger partial charge >= 0.3 is 12.2 Å². The van der Waals surface area contributed by atoms with Gasteiger partial charge in [-0.1, -0.05) is 78.3 Å². The Hall–Kier alpha value is -6.05. The minimum Gasteiger partial charge on any atom is -0.493 e. The average Bonchev–Trinajstić information content (AvgIpc) is 4.09. The SMILES string of the molecule is COc1cc2c(cc1OCc1cc(C#C[Si](C)(C)C)cc(COc3cc4c(cc3OC)C(=O)N3C=C(C)C[C@H]3[C@H](O[Si](C)(C)C(C)(C)C)N4C(=O)OC(C)(C)C)c1)N(C(=O)OC(C)(C)C)[C@@H](O[Si](C)(C)C(C)(C)C)[C@@H]1CC(C)=CN1C2=O. The first-order valence-corrected chi connectivity index (χ1v) is 37.7. The topological polar surface area (TPSA) is 155 Å². The Labute approximate surface area is 491 Å². The standard InChI is InChI=1S/C63H90N4O12Si3/c1-39-26-48-56(78-81(20,21)62(9,10)11)66(58(70)76-60(3,4)5)46-33-52(50(72-15)31-44(46)54(68)64(48)35-39)74-37-42-28-41(24-25-80(17,18)19)29-43(30-42)38-75-53-34-47-45(32-51(53)73-16)55(69)65-36-40(2)27-49(65)57(79-82(22,23)63(12,13)14)67(47)59(71)77-61(6,7)8/h28-36,48-49,56-57H,26-27,37-38H2,1-23H3/t48-,49-,56-,57-/m0/s1. The average molecular weight is 1180 g/mol. The molecular weight excluding hydrogens is 1090 g/mol. The molecule has 19 heteroatoms. The maximum absolute atomic E-state index is 14.8. The molecule has 0 unspecified atom stereocenters. The van der Waals surface area contributed by atoms with Crippen molar-refractivity contribution < 1.29 is 56.5 Å². The third kappa shape index (κ3) is 14.0. The molecule has 3 aromatic rings. The lowest BCUT2D eigenvalue weighted by molar-refractivity contribution is 0.0358. The van der Waals surface area contributed by atoms with Gasteiger partial charge < -0.3 is 47.1 Å². The van der Waals surface area contributed by atoms with Crippen LogP contribution in [0.3, 0.4) is 0 Å². The fourth-order valence-electron chi connectivity index (χ4n) is 9.63. The number of carbonyl (C=O) groups excluding carboxylic acids is 4. The van der Waals surface area contributed by atoms with Crippen LogP contribution in [0.1, 0.15) is 147 Å². The van der Waals surface area contributed by atoms with Gasteiger partial charge in [0.2, 0.25) is 0 Å². The Bertz CT molecular complexity index is 2940. The number of fused-ring (bicyclic) bond motifs is 4. The van der Waals surface area contributed by atoms with E-state index in [0.29, 0.717) is 12.8 Å². The molecule has 82 heavy (non-hydrogen) atoms. The van der Waals surface area contributed by atoms with Gasteiger partial charge in [0.05, 0.1) is 48.8 Å². The van der Waals surface area contributed by atoms with Crippen LogP contribution in [0.4, 0.5) is 21.0 Å². The molecule has 7 rings (SSSR count). The van der Waals surface area contributed by atoms with E-state index in [4.69, 9.17) is 37.3 Å². The Morgan fingerprint density at radius 1 is 0.549 bits per heavy atom. The van der Waals surface area contributed by atoms with Crippen LogP contribution in [0.15, 0.2) is 66.0 Å². The first-order valence-electron chi connectivity index (χ1n) is 28.4. The Morgan fingerprint density at radius 2 is 0.915 bits per heavy atom. The Kier molecular flexibility index (Phi) is 17.7. The van der Waals surface area contributed by atoms with Crippen LogP contribution >= 0.6 is 0 Å². The van der Waals surface area contributed by atoms with E-state index in [9.17, 15) is 19.2 Å². The molecule has 16 nitrogen and oxygen atoms in total. The minimum absolute atomic E-state index is 0.0158. The summed E-state index contributed by atoms with van der Waals surface area (Å²) in [5.74, 6) is 3.93. The number of amides is 4. The van der Waals surface area contributed by atoms with E-state index in [1.54, 1.807) is 34.1 Å². The quantitative estimate of drug-likeness (QED) is 0.125. The van der Waals surface area contributed by atoms with Crippen molar-refractivity contribution >= 4 is 60.1 Å². The first kappa shape index (κ1) is 63.5. The molecule has 0 bridgehead atoms. The van der Waals surface area contributed by atoms with Crippen LogP contribution in [0.2, 0.25) is 55.9 Å². The maximum atomic E-state index is 14.8. The van der Waals surface area contributed by atoms with Gasteiger partial charge in [-0.25, -0.2) is 19.4 Å². The predicted molar refractivity (Wildman–Crippen MR) is 330 cm³/mol. The molecular formula is C63H90N4O12Si3. The maximum Gasteiger partial charge on any atom is 0.417 e. The van der Waals surface area contributed by atoms with Gasteiger partial charge in [0, 0.05) is 30.1 Å². The minimum atomic E-state index is -2.62. The van der Waals surface area contributed by atoms with E-state index >= 15 is 0 Å². The molecule has 0 saturated carbocycles. The predicted octanol–water partition coefficient (Wildman–Crippen LogP) is 14.5. The normalized spacial score (nSPS) is 19.6. The fraction of sp³-hybridized carbons (Fsp3) is 0.556. The van der Waals surface area contributed by atoms with Gasteiger partial charge in [-0.2, -0.15) is 0 Å². The highest BCUT2D eigenvalue weighted by Crippen LogP contribution is 2.48. The van der Waals surface area contributed by atoms with Crippen molar-refractivity contribution in [1.29, 1.82) is 0 Å². The van der Waals surface area contributed by atoms with Crippen LogP contribution < -0.4 is 28.7 Å². The van der Waals surface area contributed by atoms with Crippen molar-refractivity contribution in [2.24, 2.45) is 0 Å². The molecule has 3 aromatic carbocycles.